The number of sulfonamides is 1. The minimum absolute atomic E-state index is 0.0321. The van der Waals surface area contributed by atoms with Gasteiger partial charge in [0.2, 0.25) is 10.0 Å². The molecule has 0 bridgehead atoms. The molecular formula is C14H20ClN3O3S2. The summed E-state index contributed by atoms with van der Waals surface area (Å²) in [5, 5.41) is 17.1. The van der Waals surface area contributed by atoms with Crippen molar-refractivity contribution in [2.75, 3.05) is 12.3 Å². The van der Waals surface area contributed by atoms with E-state index in [2.05, 4.69) is 4.99 Å². The van der Waals surface area contributed by atoms with E-state index in [1.165, 1.54) is 23.9 Å². The van der Waals surface area contributed by atoms with E-state index in [0.29, 0.717) is 17.9 Å². The van der Waals surface area contributed by atoms with Crippen LogP contribution in [-0.2, 0) is 15.7 Å². The third-order valence-electron chi connectivity index (χ3n) is 3.46. The first kappa shape index (κ1) is 18.5. The summed E-state index contributed by atoms with van der Waals surface area (Å²) in [7, 11) is -3.97. The molecule has 1 saturated heterocycles. The van der Waals surface area contributed by atoms with Crippen LogP contribution >= 0.6 is 23.4 Å². The van der Waals surface area contributed by atoms with Crippen molar-refractivity contribution < 1.29 is 13.5 Å². The molecule has 1 aromatic rings. The number of benzene rings is 1. The highest BCUT2D eigenvalue weighted by molar-refractivity contribution is 8.14. The van der Waals surface area contributed by atoms with Gasteiger partial charge in [0.25, 0.3) is 0 Å². The second kappa shape index (κ2) is 6.60. The van der Waals surface area contributed by atoms with Crippen molar-refractivity contribution in [3.8, 4) is 0 Å². The summed E-state index contributed by atoms with van der Waals surface area (Å²) >= 11 is 7.35. The van der Waals surface area contributed by atoms with Gasteiger partial charge >= 0.3 is 0 Å². The Morgan fingerprint density at radius 2 is 2.17 bits per heavy atom. The quantitative estimate of drug-likeness (QED) is 0.836. The highest BCUT2D eigenvalue weighted by atomic mass is 35.5. The number of primary sulfonamides is 1. The van der Waals surface area contributed by atoms with Crippen molar-refractivity contribution in [2.45, 2.75) is 37.4 Å². The first-order chi connectivity index (χ1) is 10.6. The van der Waals surface area contributed by atoms with Crippen molar-refractivity contribution in [3.05, 3.63) is 28.8 Å². The number of amidine groups is 1. The zero-order valence-corrected chi connectivity index (χ0v) is 15.5. The molecule has 9 heteroatoms. The van der Waals surface area contributed by atoms with E-state index >= 15 is 0 Å². The van der Waals surface area contributed by atoms with Crippen LogP contribution in [0.4, 0.5) is 0 Å². The molecule has 1 unspecified atom stereocenters. The molecule has 0 saturated carbocycles. The van der Waals surface area contributed by atoms with Gasteiger partial charge in [-0.25, -0.2) is 13.6 Å². The fourth-order valence-electron chi connectivity index (χ4n) is 2.41. The summed E-state index contributed by atoms with van der Waals surface area (Å²) in [5.41, 5.74) is -0.925. The minimum atomic E-state index is -3.97. The van der Waals surface area contributed by atoms with Crippen LogP contribution in [0.5, 0.6) is 0 Å². The molecule has 23 heavy (non-hydrogen) atoms. The predicted octanol–water partition coefficient (Wildman–Crippen LogP) is 1.97. The van der Waals surface area contributed by atoms with Crippen molar-refractivity contribution in [3.63, 3.8) is 0 Å². The number of hydrogen-bond acceptors (Lipinski definition) is 5. The highest BCUT2D eigenvalue weighted by Gasteiger charge is 2.44. The second-order valence-corrected chi connectivity index (χ2v) is 8.42. The first-order valence-electron chi connectivity index (χ1n) is 7.13. The van der Waals surface area contributed by atoms with Crippen LogP contribution in [0.15, 0.2) is 28.1 Å². The lowest BCUT2D eigenvalue weighted by molar-refractivity contribution is -0.0455. The number of nitrogens with zero attached hydrogens (tertiary/aromatic N) is 2. The molecule has 128 valence electrons. The van der Waals surface area contributed by atoms with Gasteiger partial charge in [-0.15, -0.1) is 0 Å². The molecule has 1 fully saturated rings. The maximum absolute atomic E-state index is 11.7. The number of hydrogen-bond donors (Lipinski definition) is 2. The van der Waals surface area contributed by atoms with Gasteiger partial charge in [-0.1, -0.05) is 29.4 Å². The van der Waals surface area contributed by atoms with Gasteiger partial charge in [0, 0.05) is 18.2 Å². The Morgan fingerprint density at radius 3 is 2.70 bits per heavy atom. The normalized spacial score (nSPS) is 24.0. The SMILES string of the molecule is CCN1C(=NC(C)C)SCC1(O)c1ccc(Cl)c(S(N)(=O)=O)c1. The lowest BCUT2D eigenvalue weighted by atomic mass is 10.0. The number of rotatable bonds is 4. The number of nitrogens with two attached hydrogens (primary N) is 1. The molecule has 1 aromatic carbocycles. The largest absolute Gasteiger partial charge is 0.366 e. The molecule has 1 aliphatic heterocycles. The molecule has 0 aliphatic carbocycles. The van der Waals surface area contributed by atoms with E-state index in [4.69, 9.17) is 16.7 Å². The van der Waals surface area contributed by atoms with E-state index in [9.17, 15) is 13.5 Å². The molecule has 0 radical (unpaired) electrons. The van der Waals surface area contributed by atoms with Crippen LogP contribution in [0.25, 0.3) is 0 Å². The summed E-state index contributed by atoms with van der Waals surface area (Å²) in [5.74, 6) is 0.345. The van der Waals surface area contributed by atoms with E-state index in [1.54, 1.807) is 11.0 Å². The summed E-state index contributed by atoms with van der Waals surface area (Å²) < 4.78 is 23.3. The van der Waals surface area contributed by atoms with Gasteiger partial charge in [-0.05, 0) is 32.9 Å². The van der Waals surface area contributed by atoms with Gasteiger partial charge < -0.3 is 10.0 Å². The summed E-state index contributed by atoms with van der Waals surface area (Å²) in [4.78, 5) is 6.08. The number of aliphatic hydroxyl groups is 1. The molecule has 0 amide bonds. The van der Waals surface area contributed by atoms with Gasteiger partial charge in [-0.3, -0.25) is 4.99 Å². The Morgan fingerprint density at radius 1 is 1.52 bits per heavy atom. The van der Waals surface area contributed by atoms with Gasteiger partial charge in [0.1, 0.15) is 4.90 Å². The van der Waals surface area contributed by atoms with Crippen LogP contribution in [-0.4, -0.2) is 41.9 Å². The minimum Gasteiger partial charge on any atom is -0.366 e. The van der Waals surface area contributed by atoms with Crippen molar-refractivity contribution in [1.82, 2.24) is 4.90 Å². The number of thioether (sulfide) groups is 1. The lowest BCUT2D eigenvalue weighted by Crippen LogP contribution is -2.45. The zero-order chi connectivity index (χ0) is 17.4. The first-order valence-corrected chi connectivity index (χ1v) is 10.0. The topological polar surface area (TPSA) is 96.0 Å². The Kier molecular flexibility index (Phi) is 5.32. The van der Waals surface area contributed by atoms with Gasteiger partial charge in [0.05, 0.1) is 10.8 Å². The third kappa shape index (κ3) is 3.66. The van der Waals surface area contributed by atoms with Crippen molar-refractivity contribution >= 4 is 38.6 Å². The van der Waals surface area contributed by atoms with E-state index < -0.39 is 15.7 Å². The average molecular weight is 378 g/mol. The van der Waals surface area contributed by atoms with Crippen LogP contribution in [0.1, 0.15) is 26.3 Å². The number of halogens is 1. The molecule has 1 heterocycles. The molecule has 0 spiro atoms. The highest BCUT2D eigenvalue weighted by Crippen LogP contribution is 2.40. The molecule has 1 aliphatic rings. The molecular weight excluding hydrogens is 358 g/mol. The summed E-state index contributed by atoms with van der Waals surface area (Å²) in [6.07, 6.45) is 0. The standard InChI is InChI=1S/C14H20ClN3O3S2/c1-4-18-13(17-9(2)3)22-8-14(18,19)10-5-6-11(15)12(7-10)23(16,20)21/h5-7,9,19H,4,8H2,1-3H3,(H2,16,20,21). The number of aliphatic imine (C=N–C) groups is 1. The van der Waals surface area contributed by atoms with Crippen LogP contribution in [0, 0.1) is 0 Å². The van der Waals surface area contributed by atoms with Crippen LogP contribution in [0.2, 0.25) is 5.02 Å². The average Bonchev–Trinajstić information content (AvgIpc) is 2.74. The monoisotopic (exact) mass is 377 g/mol. The fraction of sp³-hybridized carbons (Fsp3) is 0.500. The van der Waals surface area contributed by atoms with E-state index in [0.717, 1.165) is 5.17 Å². The maximum Gasteiger partial charge on any atom is 0.239 e. The van der Waals surface area contributed by atoms with Crippen molar-refractivity contribution in [2.24, 2.45) is 10.1 Å². The summed E-state index contributed by atoms with van der Waals surface area (Å²) in [6.45, 7) is 6.35. The Balaban J connectivity index is 2.53. The smallest absolute Gasteiger partial charge is 0.239 e. The maximum atomic E-state index is 11.7. The predicted molar refractivity (Wildman–Crippen MR) is 94.1 cm³/mol. The second-order valence-electron chi connectivity index (χ2n) is 5.55. The van der Waals surface area contributed by atoms with E-state index in [1.807, 2.05) is 20.8 Å². The zero-order valence-electron chi connectivity index (χ0n) is 13.2. The molecule has 1 atom stereocenters. The Hall–Kier alpha value is -0.800. The Bertz CT molecular complexity index is 737. The van der Waals surface area contributed by atoms with Crippen LogP contribution < -0.4 is 5.14 Å². The third-order valence-corrected chi connectivity index (χ3v) is 5.99. The molecule has 3 N–H and O–H groups in total. The molecule has 6 nitrogen and oxygen atoms in total. The molecule has 2 rings (SSSR count). The van der Waals surface area contributed by atoms with Crippen LogP contribution in [0.3, 0.4) is 0 Å². The Labute approximate surface area is 145 Å². The summed E-state index contributed by atoms with van der Waals surface area (Å²) in [6, 6.07) is 4.47. The van der Waals surface area contributed by atoms with Gasteiger partial charge in [-0.2, -0.15) is 0 Å². The van der Waals surface area contributed by atoms with Crippen molar-refractivity contribution in [1.29, 1.82) is 0 Å². The fourth-order valence-corrected chi connectivity index (χ4v) is 4.86. The molecule has 0 aromatic heterocycles. The lowest BCUT2D eigenvalue weighted by Gasteiger charge is -2.34. The van der Waals surface area contributed by atoms with Gasteiger partial charge in [0.15, 0.2) is 10.9 Å². The van der Waals surface area contributed by atoms with E-state index in [-0.39, 0.29) is 16.0 Å².